The number of nitrogens with zero attached hydrogens (tertiary/aromatic N) is 6. The molecule has 10 nitrogen and oxygen atoms in total. The molecule has 0 spiro atoms. The third-order valence-corrected chi connectivity index (χ3v) is 6.68. The molecule has 1 aliphatic rings. The molecule has 26 heavy (non-hydrogen) atoms. The number of hydrogen-bond donors (Lipinski definition) is 1. The lowest BCUT2D eigenvalue weighted by molar-refractivity contribution is -0.129. The molecule has 0 amide bonds. The second-order valence-electron chi connectivity index (χ2n) is 6.59. The van der Waals surface area contributed by atoms with E-state index < -0.39 is 7.52 Å². The van der Waals surface area contributed by atoms with Gasteiger partial charge in [-0.3, -0.25) is 14.0 Å². The lowest BCUT2D eigenvalue weighted by Gasteiger charge is -2.38. The Morgan fingerprint density at radius 3 is 2.85 bits per heavy atom. The van der Waals surface area contributed by atoms with Crippen LogP contribution in [-0.2, 0) is 13.8 Å². The molecule has 0 bridgehead atoms. The number of likely N-dealkylation sites (N-methyl/N-ethyl adjacent to an activating group) is 1. The molecule has 0 radical (unpaired) electrons. The van der Waals surface area contributed by atoms with Crippen LogP contribution in [0.25, 0.3) is 11.2 Å². The number of imidazole rings is 1. The van der Waals surface area contributed by atoms with Crippen LogP contribution in [0.2, 0.25) is 0 Å². The first-order valence-electron chi connectivity index (χ1n) is 8.52. The number of nitrogens with two attached hydrogens (primary N) is 1. The van der Waals surface area contributed by atoms with Gasteiger partial charge in [0.25, 0.3) is 7.52 Å². The summed E-state index contributed by atoms with van der Waals surface area (Å²) in [6.45, 7) is 6.23. The van der Waals surface area contributed by atoms with E-state index >= 15 is 0 Å². The van der Waals surface area contributed by atoms with E-state index in [0.29, 0.717) is 30.1 Å². The van der Waals surface area contributed by atoms with Gasteiger partial charge >= 0.3 is 0 Å². The Morgan fingerprint density at radius 1 is 1.38 bits per heavy atom. The van der Waals surface area contributed by atoms with E-state index in [0.717, 1.165) is 6.54 Å². The first kappa shape index (κ1) is 19.2. The van der Waals surface area contributed by atoms with Crippen LogP contribution in [0.15, 0.2) is 12.7 Å². The Bertz CT molecular complexity index is 812. The SMILES string of the molecule is CCN1C[C@@H](COP(C)(=O)N(C)C)O[C@@H](n2cnc3c(N)ncnc32)C1. The highest BCUT2D eigenvalue weighted by Gasteiger charge is 2.31. The molecule has 2 aromatic rings. The normalized spacial score (nSPS) is 24.2. The zero-order valence-electron chi connectivity index (χ0n) is 15.6. The molecule has 2 N–H and O–H groups in total. The summed E-state index contributed by atoms with van der Waals surface area (Å²) in [6.07, 6.45) is 2.59. The van der Waals surface area contributed by atoms with Gasteiger partial charge in [0.2, 0.25) is 0 Å². The van der Waals surface area contributed by atoms with Crippen LogP contribution in [0.5, 0.6) is 0 Å². The predicted molar refractivity (Wildman–Crippen MR) is 98.9 cm³/mol. The maximum absolute atomic E-state index is 12.4. The van der Waals surface area contributed by atoms with Crippen LogP contribution in [0.1, 0.15) is 13.2 Å². The third-order valence-electron chi connectivity index (χ3n) is 4.60. The van der Waals surface area contributed by atoms with Crippen LogP contribution in [0.3, 0.4) is 0 Å². The molecule has 0 saturated carbocycles. The summed E-state index contributed by atoms with van der Waals surface area (Å²) in [7, 11) is 0.677. The number of aromatic nitrogens is 4. The van der Waals surface area contributed by atoms with Crippen molar-refractivity contribution in [2.45, 2.75) is 19.3 Å². The topological polar surface area (TPSA) is 112 Å². The number of nitrogen functional groups attached to an aromatic ring is 1. The molecule has 0 aromatic carbocycles. The summed E-state index contributed by atoms with van der Waals surface area (Å²) in [6, 6.07) is 0. The highest BCUT2D eigenvalue weighted by atomic mass is 31.2. The molecule has 3 rings (SSSR count). The number of anilines is 1. The van der Waals surface area contributed by atoms with E-state index in [1.165, 1.54) is 6.33 Å². The van der Waals surface area contributed by atoms with Crippen molar-refractivity contribution in [3.8, 4) is 0 Å². The number of rotatable bonds is 6. The third kappa shape index (κ3) is 3.89. The second kappa shape index (κ2) is 7.58. The number of hydrogen-bond acceptors (Lipinski definition) is 8. The molecule has 1 fully saturated rings. The van der Waals surface area contributed by atoms with E-state index in [-0.39, 0.29) is 18.9 Å². The van der Waals surface area contributed by atoms with E-state index in [1.54, 1.807) is 31.8 Å². The highest BCUT2D eigenvalue weighted by Crippen LogP contribution is 2.44. The molecule has 11 heteroatoms. The van der Waals surface area contributed by atoms with Gasteiger partial charge in [-0.1, -0.05) is 6.92 Å². The molecule has 0 aliphatic carbocycles. The summed E-state index contributed by atoms with van der Waals surface area (Å²) in [4.78, 5) is 14.8. The van der Waals surface area contributed by atoms with Crippen LogP contribution < -0.4 is 5.73 Å². The summed E-state index contributed by atoms with van der Waals surface area (Å²) < 4.78 is 27.7. The number of morpholine rings is 1. The van der Waals surface area contributed by atoms with Crippen molar-refractivity contribution in [3.05, 3.63) is 12.7 Å². The Hall–Kier alpha value is -1.58. The minimum absolute atomic E-state index is 0.210. The Balaban J connectivity index is 1.79. The summed E-state index contributed by atoms with van der Waals surface area (Å²) in [5.41, 5.74) is 7.06. The van der Waals surface area contributed by atoms with Gasteiger partial charge in [-0.2, -0.15) is 0 Å². The van der Waals surface area contributed by atoms with E-state index in [4.69, 9.17) is 15.0 Å². The first-order chi connectivity index (χ1) is 12.3. The van der Waals surface area contributed by atoms with Crippen molar-refractivity contribution in [1.29, 1.82) is 0 Å². The molecule has 1 saturated heterocycles. The van der Waals surface area contributed by atoms with Gasteiger partial charge < -0.3 is 15.0 Å². The maximum atomic E-state index is 12.4. The molecule has 2 aromatic heterocycles. The summed E-state index contributed by atoms with van der Waals surface area (Å²) >= 11 is 0. The smallest absolute Gasteiger partial charge is 0.268 e. The van der Waals surface area contributed by atoms with E-state index in [2.05, 4.69) is 26.8 Å². The number of fused-ring (bicyclic) bond motifs is 1. The fraction of sp³-hybridized carbons (Fsp3) is 0.667. The molecule has 3 heterocycles. The molecular formula is C15H26N7O3P. The largest absolute Gasteiger partial charge is 0.382 e. The first-order valence-corrected chi connectivity index (χ1v) is 10.5. The highest BCUT2D eigenvalue weighted by molar-refractivity contribution is 7.55. The van der Waals surface area contributed by atoms with Gasteiger partial charge in [0.05, 0.1) is 19.0 Å². The number of ether oxygens (including phenoxy) is 1. The zero-order chi connectivity index (χ0) is 18.9. The van der Waals surface area contributed by atoms with Gasteiger partial charge in [-0.15, -0.1) is 0 Å². The lowest BCUT2D eigenvalue weighted by Crippen LogP contribution is -2.47. The van der Waals surface area contributed by atoms with Crippen LogP contribution in [-0.4, -0.2) is 82.2 Å². The standard InChI is InChI=1S/C15H26N7O3P/c1-5-21-6-11(8-24-26(4,23)20(2)3)25-12(7-21)22-10-19-13-14(16)17-9-18-15(13)22/h9-12H,5-8H2,1-4H3,(H2,16,17,18)/t11-,12+,26?/m0/s1. The Morgan fingerprint density at radius 2 is 2.15 bits per heavy atom. The van der Waals surface area contributed by atoms with Crippen molar-refractivity contribution in [2.24, 2.45) is 0 Å². The zero-order valence-corrected chi connectivity index (χ0v) is 16.5. The Kier molecular flexibility index (Phi) is 5.59. The van der Waals surface area contributed by atoms with Crippen molar-refractivity contribution in [1.82, 2.24) is 29.1 Å². The fourth-order valence-electron chi connectivity index (χ4n) is 2.81. The van der Waals surface area contributed by atoms with Crippen molar-refractivity contribution >= 4 is 24.5 Å². The average molecular weight is 383 g/mol. The monoisotopic (exact) mass is 383 g/mol. The summed E-state index contributed by atoms with van der Waals surface area (Å²) in [5, 5.41) is 0. The van der Waals surface area contributed by atoms with Gasteiger partial charge in [0, 0.05) is 19.8 Å². The minimum atomic E-state index is -2.81. The summed E-state index contributed by atoms with van der Waals surface area (Å²) in [5.74, 6) is 0.342. The van der Waals surface area contributed by atoms with Crippen molar-refractivity contribution in [2.75, 3.05) is 52.7 Å². The van der Waals surface area contributed by atoms with E-state index in [1.807, 2.05) is 4.57 Å². The fourth-order valence-corrected chi connectivity index (χ4v) is 3.49. The molecule has 3 atom stereocenters. The average Bonchev–Trinajstić information content (AvgIpc) is 3.05. The Labute approximate surface area is 152 Å². The molecule has 1 unspecified atom stereocenters. The quantitative estimate of drug-likeness (QED) is 0.731. The van der Waals surface area contributed by atoms with Gasteiger partial charge in [0.15, 0.2) is 11.5 Å². The van der Waals surface area contributed by atoms with Gasteiger partial charge in [-0.25, -0.2) is 19.6 Å². The van der Waals surface area contributed by atoms with Crippen LogP contribution in [0.4, 0.5) is 5.82 Å². The van der Waals surface area contributed by atoms with E-state index in [9.17, 15) is 4.57 Å². The second-order valence-corrected chi connectivity index (χ2v) is 9.26. The molecular weight excluding hydrogens is 357 g/mol. The maximum Gasteiger partial charge on any atom is 0.268 e. The minimum Gasteiger partial charge on any atom is -0.382 e. The molecule has 1 aliphatic heterocycles. The van der Waals surface area contributed by atoms with Crippen molar-refractivity contribution < 1.29 is 13.8 Å². The van der Waals surface area contributed by atoms with Gasteiger partial charge in [-0.05, 0) is 20.6 Å². The van der Waals surface area contributed by atoms with Crippen LogP contribution >= 0.6 is 7.52 Å². The molecule has 144 valence electrons. The van der Waals surface area contributed by atoms with Crippen LogP contribution in [0, 0.1) is 0 Å². The predicted octanol–water partition coefficient (Wildman–Crippen LogP) is 1.03. The lowest BCUT2D eigenvalue weighted by atomic mass is 10.2. The van der Waals surface area contributed by atoms with Gasteiger partial charge in [0.1, 0.15) is 18.1 Å². The van der Waals surface area contributed by atoms with Crippen molar-refractivity contribution in [3.63, 3.8) is 0 Å².